The van der Waals surface area contributed by atoms with E-state index in [1.807, 2.05) is 5.43 Å². The van der Waals surface area contributed by atoms with E-state index >= 15 is 0 Å². The summed E-state index contributed by atoms with van der Waals surface area (Å²) in [6.07, 6.45) is -6.06. The molecule has 1 aromatic carbocycles. The topological polar surface area (TPSA) is 95.7 Å². The molecule has 1 fully saturated rings. The van der Waals surface area contributed by atoms with Gasteiger partial charge < -0.3 is 5.11 Å². The van der Waals surface area contributed by atoms with Crippen LogP contribution in [-0.4, -0.2) is 32.8 Å². The molecule has 22 heavy (non-hydrogen) atoms. The minimum atomic E-state index is -5.13. The number of amides is 1. The van der Waals surface area contributed by atoms with Crippen molar-refractivity contribution >= 4 is 11.6 Å². The summed E-state index contributed by atoms with van der Waals surface area (Å²) in [5.74, 6) is -1.26. The number of halogens is 3. The van der Waals surface area contributed by atoms with E-state index in [1.54, 1.807) is 0 Å². The third-order valence-electron chi connectivity index (χ3n) is 3.06. The van der Waals surface area contributed by atoms with E-state index in [0.717, 1.165) is 24.3 Å². The highest BCUT2D eigenvalue weighted by atomic mass is 19.4. The molecule has 10 heteroatoms. The Morgan fingerprint density at radius 2 is 2.14 bits per heavy atom. The zero-order chi connectivity index (χ0) is 16.7. The number of alkyl halides is 3. The number of hydrogen-bond acceptors (Lipinski definition) is 5. The molecule has 1 aliphatic rings. The van der Waals surface area contributed by atoms with Gasteiger partial charge in [-0.2, -0.15) is 13.2 Å². The second-order valence-corrected chi connectivity index (χ2v) is 4.65. The average Bonchev–Trinajstić information content (AvgIpc) is 2.74. The van der Waals surface area contributed by atoms with Crippen molar-refractivity contribution in [3.8, 4) is 0 Å². The fraction of sp³-hybridized carbons (Fsp3) is 0.250. The monoisotopic (exact) mass is 317 g/mol. The van der Waals surface area contributed by atoms with Crippen molar-refractivity contribution in [2.75, 3.05) is 0 Å². The number of nitrogens with one attached hydrogen (secondary N) is 1. The summed E-state index contributed by atoms with van der Waals surface area (Å²) in [7, 11) is 0. The number of aliphatic hydroxyl groups is 1. The minimum absolute atomic E-state index is 0.0195. The van der Waals surface area contributed by atoms with Gasteiger partial charge in [0.05, 0.1) is 4.92 Å². The van der Waals surface area contributed by atoms with Crippen LogP contribution in [0.1, 0.15) is 16.8 Å². The first-order valence-corrected chi connectivity index (χ1v) is 5.89. The van der Waals surface area contributed by atoms with Crippen LogP contribution in [0.25, 0.3) is 0 Å². The molecule has 1 atom stereocenters. The molecule has 0 aromatic heterocycles. The number of carbonyl (C=O) groups excluding carboxylic acids is 1. The van der Waals surface area contributed by atoms with Crippen molar-refractivity contribution in [3.63, 3.8) is 0 Å². The van der Waals surface area contributed by atoms with Crippen LogP contribution < -0.4 is 5.43 Å². The van der Waals surface area contributed by atoms with Crippen LogP contribution in [-0.2, 0) is 0 Å². The number of benzene rings is 1. The van der Waals surface area contributed by atoms with Crippen molar-refractivity contribution in [1.29, 1.82) is 0 Å². The number of non-ortho nitro benzene ring substituents is 1. The fourth-order valence-electron chi connectivity index (χ4n) is 1.99. The Labute approximate surface area is 121 Å². The molecule has 0 spiro atoms. The Morgan fingerprint density at radius 3 is 2.68 bits per heavy atom. The van der Waals surface area contributed by atoms with Crippen molar-refractivity contribution in [2.45, 2.75) is 18.3 Å². The van der Waals surface area contributed by atoms with Gasteiger partial charge in [-0.1, -0.05) is 12.6 Å². The highest BCUT2D eigenvalue weighted by Gasteiger charge is 2.63. The number of carbonyl (C=O) groups is 1. The third-order valence-corrected chi connectivity index (χ3v) is 3.06. The van der Waals surface area contributed by atoms with Gasteiger partial charge in [0, 0.05) is 29.8 Å². The predicted octanol–water partition coefficient (Wildman–Crippen LogP) is 1.71. The molecular formula is C12H10F3N3O4. The number of nitrogens with zero attached hydrogens (tertiary/aromatic N) is 2. The minimum Gasteiger partial charge on any atom is -0.362 e. The molecule has 1 amide bonds. The summed E-state index contributed by atoms with van der Waals surface area (Å²) >= 11 is 0. The Hall–Kier alpha value is -2.62. The van der Waals surface area contributed by atoms with Crippen molar-refractivity contribution in [1.82, 2.24) is 10.4 Å². The van der Waals surface area contributed by atoms with E-state index < -0.39 is 34.8 Å². The summed E-state index contributed by atoms with van der Waals surface area (Å²) in [6.45, 7) is 3.26. The maximum absolute atomic E-state index is 13.0. The van der Waals surface area contributed by atoms with Gasteiger partial charge in [-0.15, -0.1) is 0 Å². The van der Waals surface area contributed by atoms with Crippen LogP contribution in [0.4, 0.5) is 18.9 Å². The van der Waals surface area contributed by atoms with E-state index in [9.17, 15) is 33.2 Å². The Balaban J connectivity index is 2.42. The van der Waals surface area contributed by atoms with Crippen LogP contribution >= 0.6 is 0 Å². The molecule has 2 N–H and O–H groups in total. The van der Waals surface area contributed by atoms with E-state index in [4.69, 9.17) is 0 Å². The highest BCUT2D eigenvalue weighted by molar-refractivity contribution is 5.95. The molecule has 1 aromatic rings. The number of rotatable bonds is 2. The molecular weight excluding hydrogens is 307 g/mol. The smallest absolute Gasteiger partial charge is 0.362 e. The molecule has 7 nitrogen and oxygen atoms in total. The Morgan fingerprint density at radius 1 is 1.50 bits per heavy atom. The molecule has 0 aliphatic carbocycles. The quantitative estimate of drug-likeness (QED) is 0.639. The van der Waals surface area contributed by atoms with Crippen LogP contribution in [0.3, 0.4) is 0 Å². The maximum atomic E-state index is 13.0. The lowest BCUT2D eigenvalue weighted by atomic mass is 10.1. The lowest BCUT2D eigenvalue weighted by Gasteiger charge is -2.33. The van der Waals surface area contributed by atoms with Crippen molar-refractivity contribution in [3.05, 3.63) is 52.2 Å². The van der Waals surface area contributed by atoms with Gasteiger partial charge in [0.2, 0.25) is 0 Å². The molecule has 1 aliphatic heterocycles. The van der Waals surface area contributed by atoms with Gasteiger partial charge >= 0.3 is 6.18 Å². The van der Waals surface area contributed by atoms with E-state index in [1.165, 1.54) is 0 Å². The summed E-state index contributed by atoms with van der Waals surface area (Å²) < 4.78 is 39.1. The predicted molar refractivity (Wildman–Crippen MR) is 67.2 cm³/mol. The molecule has 0 radical (unpaired) electrons. The summed E-state index contributed by atoms with van der Waals surface area (Å²) in [5.41, 5.74) is -2.46. The first kappa shape index (κ1) is 15.8. The molecule has 1 saturated heterocycles. The zero-order valence-corrected chi connectivity index (χ0v) is 10.9. The van der Waals surface area contributed by atoms with Crippen LogP contribution in [0.15, 0.2) is 36.5 Å². The van der Waals surface area contributed by atoms with Gasteiger partial charge in [0.15, 0.2) is 0 Å². The lowest BCUT2D eigenvalue weighted by molar-refractivity contribution is -0.384. The number of hydrazine groups is 1. The van der Waals surface area contributed by atoms with Crippen molar-refractivity contribution in [2.24, 2.45) is 0 Å². The first-order valence-electron chi connectivity index (χ1n) is 5.89. The van der Waals surface area contributed by atoms with E-state index in [0.29, 0.717) is 0 Å². The van der Waals surface area contributed by atoms with Gasteiger partial charge in [-0.25, -0.2) is 5.01 Å². The first-order chi connectivity index (χ1) is 10.1. The number of hydrogen-bond donors (Lipinski definition) is 2. The number of nitro benzene ring substituents is 1. The Kier molecular flexibility index (Phi) is 3.57. The molecule has 1 unspecified atom stereocenters. The van der Waals surface area contributed by atoms with Crippen molar-refractivity contribution < 1.29 is 28.0 Å². The largest absolute Gasteiger partial charge is 0.438 e. The van der Waals surface area contributed by atoms with Gasteiger partial charge in [-0.3, -0.25) is 20.3 Å². The lowest BCUT2D eigenvalue weighted by Crippen LogP contribution is -2.59. The van der Waals surface area contributed by atoms with E-state index in [2.05, 4.69) is 6.58 Å². The standard InChI is InChI=1S/C12H10F3N3O4/c1-7-6-11(20,12(13,14)15)17(16-7)10(19)8-3-2-4-9(5-8)18(21)22/h2-5,16,20H,1,6H2. The molecule has 0 bridgehead atoms. The average molecular weight is 317 g/mol. The zero-order valence-electron chi connectivity index (χ0n) is 10.9. The molecule has 118 valence electrons. The summed E-state index contributed by atoms with van der Waals surface area (Å²) in [5, 5.41) is 20.4. The van der Waals surface area contributed by atoms with Gasteiger partial charge in [0.25, 0.3) is 17.3 Å². The van der Waals surface area contributed by atoms with Crippen LogP contribution in [0.2, 0.25) is 0 Å². The van der Waals surface area contributed by atoms with Crippen LogP contribution in [0, 0.1) is 10.1 Å². The second-order valence-electron chi connectivity index (χ2n) is 4.65. The molecule has 2 rings (SSSR count). The second kappa shape index (κ2) is 4.98. The fourth-order valence-corrected chi connectivity index (χ4v) is 1.99. The highest BCUT2D eigenvalue weighted by Crippen LogP contribution is 2.41. The third kappa shape index (κ3) is 2.48. The normalized spacial score (nSPS) is 21.6. The maximum Gasteiger partial charge on any atom is 0.438 e. The van der Waals surface area contributed by atoms with Gasteiger partial charge in [-0.05, 0) is 6.07 Å². The summed E-state index contributed by atoms with van der Waals surface area (Å²) in [6, 6.07) is 4.17. The Bertz CT molecular complexity index is 661. The molecule has 1 heterocycles. The number of nitro groups is 1. The molecule has 0 saturated carbocycles. The summed E-state index contributed by atoms with van der Waals surface area (Å²) in [4.78, 5) is 22.0. The SMILES string of the molecule is C=C1CC(O)(C(F)(F)F)N(C(=O)c2cccc([N+](=O)[O-])c2)N1. The van der Waals surface area contributed by atoms with Crippen LogP contribution in [0.5, 0.6) is 0 Å². The van der Waals surface area contributed by atoms with Gasteiger partial charge in [0.1, 0.15) is 0 Å². The van der Waals surface area contributed by atoms with E-state index in [-0.39, 0.29) is 16.3 Å².